The Bertz CT molecular complexity index is 450. The predicted octanol–water partition coefficient (Wildman–Crippen LogP) is 6.78. The predicted molar refractivity (Wildman–Crippen MR) is 94.6 cm³/mol. The van der Waals surface area contributed by atoms with E-state index >= 15 is 0 Å². The molecule has 0 atom stereocenters. The van der Waals surface area contributed by atoms with Crippen LogP contribution in [-0.2, 0) is 12.8 Å². The molecule has 0 spiro atoms. The van der Waals surface area contributed by atoms with Crippen LogP contribution in [0.1, 0.15) is 36.8 Å². The summed E-state index contributed by atoms with van der Waals surface area (Å²) in [5, 5.41) is 9.61. The third kappa shape index (κ3) is 9.48. The lowest BCUT2D eigenvalue weighted by molar-refractivity contribution is 0.474. The van der Waals surface area contributed by atoms with Crippen LogP contribution in [0.25, 0.3) is 0 Å². The van der Waals surface area contributed by atoms with Gasteiger partial charge in [-0.3, -0.25) is 0 Å². The van der Waals surface area contributed by atoms with Crippen molar-refractivity contribution in [3.63, 3.8) is 0 Å². The van der Waals surface area contributed by atoms with Crippen molar-refractivity contribution in [2.75, 3.05) is 0 Å². The third-order valence-electron chi connectivity index (χ3n) is 3.00. The van der Waals surface area contributed by atoms with E-state index in [1.165, 1.54) is 0 Å². The van der Waals surface area contributed by atoms with Crippen molar-refractivity contribution < 1.29 is 5.11 Å². The standard InChI is InChI=1S/C14H16Cl6O/c15-13(16,17)7-1-3-10-5-6-12(21)9-11(10)4-2-8-14(18,19)20/h5-6,9,21H,1-4,7-8H2. The number of phenols is 1. The maximum atomic E-state index is 9.61. The van der Waals surface area contributed by atoms with Crippen LogP contribution < -0.4 is 0 Å². The monoisotopic (exact) mass is 410 g/mol. The van der Waals surface area contributed by atoms with Crippen LogP contribution >= 0.6 is 69.6 Å². The second kappa shape index (κ2) is 8.57. The average molecular weight is 413 g/mol. The third-order valence-corrected chi connectivity index (χ3v) is 4.14. The Morgan fingerprint density at radius 2 is 1.24 bits per heavy atom. The van der Waals surface area contributed by atoms with Crippen molar-refractivity contribution in [2.45, 2.75) is 46.1 Å². The van der Waals surface area contributed by atoms with E-state index in [4.69, 9.17) is 69.6 Å². The van der Waals surface area contributed by atoms with Crippen molar-refractivity contribution in [2.24, 2.45) is 0 Å². The number of phenolic OH excluding ortho intramolecular Hbond substituents is 1. The van der Waals surface area contributed by atoms with E-state index in [9.17, 15) is 5.11 Å². The molecule has 0 saturated heterocycles. The second-order valence-corrected chi connectivity index (χ2v) is 9.92. The van der Waals surface area contributed by atoms with E-state index in [1.54, 1.807) is 12.1 Å². The molecule has 0 bridgehead atoms. The zero-order valence-corrected chi connectivity index (χ0v) is 15.7. The van der Waals surface area contributed by atoms with Crippen LogP contribution in [0.5, 0.6) is 5.75 Å². The maximum absolute atomic E-state index is 9.61. The second-order valence-electron chi connectivity index (χ2n) is 4.89. The quantitative estimate of drug-likeness (QED) is 0.510. The Labute approximate surface area is 155 Å². The topological polar surface area (TPSA) is 20.2 Å². The first-order chi connectivity index (χ1) is 9.57. The first kappa shape index (κ1) is 19.8. The largest absolute Gasteiger partial charge is 0.508 e. The molecule has 0 radical (unpaired) electrons. The summed E-state index contributed by atoms with van der Waals surface area (Å²) < 4.78 is -2.47. The molecule has 0 heterocycles. The fraction of sp³-hybridized carbons (Fsp3) is 0.571. The summed E-state index contributed by atoms with van der Waals surface area (Å²) in [6.45, 7) is 0. The summed E-state index contributed by atoms with van der Waals surface area (Å²) in [6, 6.07) is 5.28. The zero-order chi connectivity index (χ0) is 16.1. The number of rotatable bonds is 6. The van der Waals surface area contributed by atoms with Crippen LogP contribution in [0.15, 0.2) is 18.2 Å². The van der Waals surface area contributed by atoms with E-state index in [1.807, 2.05) is 6.07 Å². The molecule has 1 nitrogen and oxygen atoms in total. The highest BCUT2D eigenvalue weighted by Crippen LogP contribution is 2.34. The fourth-order valence-electron chi connectivity index (χ4n) is 2.05. The lowest BCUT2D eigenvalue weighted by atomic mass is 9.97. The summed E-state index contributed by atoms with van der Waals surface area (Å²) in [5.41, 5.74) is 2.15. The molecule has 120 valence electrons. The maximum Gasteiger partial charge on any atom is 0.190 e. The fourth-order valence-corrected chi connectivity index (χ4v) is 2.85. The SMILES string of the molecule is Oc1ccc(CCCC(Cl)(Cl)Cl)c(CCCC(Cl)(Cl)Cl)c1. The van der Waals surface area contributed by atoms with Gasteiger partial charge in [-0.05, 0) is 61.8 Å². The molecule has 0 aromatic heterocycles. The molecule has 0 amide bonds. The van der Waals surface area contributed by atoms with Crippen LogP contribution in [0.2, 0.25) is 0 Å². The van der Waals surface area contributed by atoms with Gasteiger partial charge in [-0.2, -0.15) is 0 Å². The summed E-state index contributed by atoms with van der Waals surface area (Å²) in [5.74, 6) is 0.226. The zero-order valence-electron chi connectivity index (χ0n) is 11.2. The number of alkyl halides is 6. The van der Waals surface area contributed by atoms with Gasteiger partial charge in [-0.15, -0.1) is 0 Å². The molecule has 1 N–H and O–H groups in total. The number of hydrogen-bond donors (Lipinski definition) is 1. The Balaban J connectivity index is 2.62. The van der Waals surface area contributed by atoms with Gasteiger partial charge in [-0.25, -0.2) is 0 Å². The van der Waals surface area contributed by atoms with Gasteiger partial charge in [0.05, 0.1) is 0 Å². The van der Waals surface area contributed by atoms with E-state index in [0.717, 1.165) is 36.8 Å². The van der Waals surface area contributed by atoms with E-state index in [2.05, 4.69) is 0 Å². The van der Waals surface area contributed by atoms with Crippen LogP contribution in [0, 0.1) is 0 Å². The smallest absolute Gasteiger partial charge is 0.190 e. The number of hydrogen-bond acceptors (Lipinski definition) is 1. The minimum absolute atomic E-state index is 0.226. The van der Waals surface area contributed by atoms with Gasteiger partial charge in [0.2, 0.25) is 0 Å². The Morgan fingerprint density at radius 1 is 0.762 bits per heavy atom. The molecule has 0 aliphatic carbocycles. The van der Waals surface area contributed by atoms with Crippen molar-refractivity contribution in [3.05, 3.63) is 29.3 Å². The summed E-state index contributed by atoms with van der Waals surface area (Å²) >= 11 is 34.5. The molecule has 21 heavy (non-hydrogen) atoms. The highest BCUT2D eigenvalue weighted by atomic mass is 35.6. The van der Waals surface area contributed by atoms with Gasteiger partial charge < -0.3 is 5.11 Å². The highest BCUT2D eigenvalue weighted by molar-refractivity contribution is 6.67. The molecule has 1 aromatic carbocycles. The Kier molecular flexibility index (Phi) is 8.08. The molecule has 7 heteroatoms. The lowest BCUT2D eigenvalue weighted by Crippen LogP contribution is -2.05. The van der Waals surface area contributed by atoms with Crippen molar-refractivity contribution in [1.29, 1.82) is 0 Å². The normalized spacial score (nSPS) is 12.7. The van der Waals surface area contributed by atoms with Crippen molar-refractivity contribution in [1.82, 2.24) is 0 Å². The van der Waals surface area contributed by atoms with Gasteiger partial charge >= 0.3 is 0 Å². The van der Waals surface area contributed by atoms with Gasteiger partial charge in [-0.1, -0.05) is 75.7 Å². The summed E-state index contributed by atoms with van der Waals surface area (Å²) in [7, 11) is 0. The molecule has 1 aromatic rings. The lowest BCUT2D eigenvalue weighted by Gasteiger charge is -2.14. The molecule has 0 aliphatic heterocycles. The molecule has 0 saturated carbocycles. The van der Waals surface area contributed by atoms with Crippen LogP contribution in [0.4, 0.5) is 0 Å². The van der Waals surface area contributed by atoms with Crippen molar-refractivity contribution in [3.8, 4) is 5.75 Å². The molecule has 0 aliphatic rings. The van der Waals surface area contributed by atoms with Gasteiger partial charge in [0, 0.05) is 0 Å². The Morgan fingerprint density at radius 3 is 1.71 bits per heavy atom. The van der Waals surface area contributed by atoms with E-state index in [0.29, 0.717) is 12.8 Å². The molecule has 0 fully saturated rings. The van der Waals surface area contributed by atoms with Crippen LogP contribution in [0.3, 0.4) is 0 Å². The number of halogens is 6. The Hall–Kier alpha value is 0.760. The molecular weight excluding hydrogens is 397 g/mol. The molecule has 0 unspecified atom stereocenters. The minimum atomic E-state index is -1.24. The van der Waals surface area contributed by atoms with Crippen molar-refractivity contribution >= 4 is 69.6 Å². The molecule has 1 rings (SSSR count). The number of benzene rings is 1. The highest BCUT2D eigenvalue weighted by Gasteiger charge is 2.20. The summed E-state index contributed by atoms with van der Waals surface area (Å²) in [6.07, 6.45) is 3.91. The summed E-state index contributed by atoms with van der Waals surface area (Å²) in [4.78, 5) is 0. The van der Waals surface area contributed by atoms with Gasteiger partial charge in [0.25, 0.3) is 0 Å². The van der Waals surface area contributed by atoms with E-state index < -0.39 is 7.59 Å². The minimum Gasteiger partial charge on any atom is -0.508 e. The van der Waals surface area contributed by atoms with Gasteiger partial charge in [0.1, 0.15) is 5.75 Å². The van der Waals surface area contributed by atoms with E-state index in [-0.39, 0.29) is 5.75 Å². The molecular formula is C14H16Cl6O. The average Bonchev–Trinajstić information content (AvgIpc) is 2.28. The van der Waals surface area contributed by atoms with Crippen LogP contribution in [-0.4, -0.2) is 12.7 Å². The first-order valence-corrected chi connectivity index (χ1v) is 8.78. The number of aromatic hydroxyl groups is 1. The first-order valence-electron chi connectivity index (χ1n) is 6.51. The van der Waals surface area contributed by atoms with Gasteiger partial charge in [0.15, 0.2) is 7.59 Å². The number of aryl methyl sites for hydroxylation is 2.